The molecular weight excluding hydrogens is 339 g/mol. The summed E-state index contributed by atoms with van der Waals surface area (Å²) < 4.78 is 15.7. The van der Waals surface area contributed by atoms with Crippen molar-refractivity contribution in [3.8, 4) is 5.69 Å². The Balaban J connectivity index is 2.19. The molecule has 2 heterocycles. The lowest BCUT2D eigenvalue weighted by molar-refractivity contribution is 0.625. The first-order chi connectivity index (χ1) is 12.1. The van der Waals surface area contributed by atoms with E-state index >= 15 is 0 Å². The molecule has 0 unspecified atom stereocenters. The number of benzene rings is 2. The van der Waals surface area contributed by atoms with E-state index in [1.807, 2.05) is 19.1 Å². The van der Waals surface area contributed by atoms with Crippen LogP contribution in [-0.4, -0.2) is 9.55 Å². The lowest BCUT2D eigenvalue weighted by Crippen LogP contribution is -2.27. The highest BCUT2D eigenvalue weighted by Gasteiger charge is 2.17. The lowest BCUT2D eigenvalue weighted by Gasteiger charge is -2.12. The third-order valence-electron chi connectivity index (χ3n) is 4.07. The van der Waals surface area contributed by atoms with E-state index < -0.39 is 11.4 Å². The second-order valence-corrected chi connectivity index (χ2v) is 6.64. The van der Waals surface area contributed by atoms with Gasteiger partial charge in [0.25, 0.3) is 5.56 Å². The van der Waals surface area contributed by atoms with Crippen molar-refractivity contribution in [3.05, 3.63) is 80.7 Å². The molecule has 0 saturated heterocycles. The van der Waals surface area contributed by atoms with Gasteiger partial charge in [-0.25, -0.2) is 9.37 Å². The first-order valence-electron chi connectivity index (χ1n) is 7.83. The molecule has 25 heavy (non-hydrogen) atoms. The molecular formula is C19H13FN2O2S. The van der Waals surface area contributed by atoms with E-state index in [-0.39, 0.29) is 10.8 Å². The summed E-state index contributed by atoms with van der Waals surface area (Å²) in [5.74, 6) is 0.0456. The second kappa shape index (κ2) is 5.89. The Morgan fingerprint density at radius 3 is 2.68 bits per heavy atom. The number of aromatic nitrogens is 2. The molecule has 4 aromatic rings. The molecule has 0 radical (unpaired) electrons. The zero-order chi connectivity index (χ0) is 17.6. The fourth-order valence-electron chi connectivity index (χ4n) is 2.91. The highest BCUT2D eigenvalue weighted by Crippen LogP contribution is 2.22. The molecule has 6 heteroatoms. The van der Waals surface area contributed by atoms with Crippen LogP contribution in [0.4, 0.5) is 4.39 Å². The highest BCUT2D eigenvalue weighted by molar-refractivity contribution is 7.24. The zero-order valence-corrected chi connectivity index (χ0v) is 14.1. The van der Waals surface area contributed by atoms with Crippen molar-refractivity contribution in [2.75, 3.05) is 0 Å². The van der Waals surface area contributed by atoms with Crippen molar-refractivity contribution in [2.45, 2.75) is 13.3 Å². The number of hydrogen-bond donors (Lipinski definition) is 0. The van der Waals surface area contributed by atoms with Crippen LogP contribution < -0.4 is 11.0 Å². The molecule has 4 rings (SSSR count). The smallest absolute Gasteiger partial charge is 0.270 e. The van der Waals surface area contributed by atoms with Crippen LogP contribution >= 0.6 is 11.3 Å². The summed E-state index contributed by atoms with van der Waals surface area (Å²) >= 11 is 1.32. The van der Waals surface area contributed by atoms with Crippen LogP contribution in [0, 0.1) is 5.82 Å². The number of hydrogen-bond acceptors (Lipinski definition) is 4. The van der Waals surface area contributed by atoms with Gasteiger partial charge < -0.3 is 0 Å². The summed E-state index contributed by atoms with van der Waals surface area (Å²) in [6.45, 7) is 1.87. The van der Waals surface area contributed by atoms with E-state index in [0.29, 0.717) is 28.1 Å². The fraction of sp³-hybridized carbons (Fsp3) is 0.105. The number of halogens is 1. The lowest BCUT2D eigenvalue weighted by atomic mass is 10.2. The van der Waals surface area contributed by atoms with Crippen LogP contribution in [0.2, 0.25) is 0 Å². The molecule has 0 aliphatic carbocycles. The van der Waals surface area contributed by atoms with E-state index in [1.165, 1.54) is 34.1 Å². The maximum Gasteiger partial charge on any atom is 0.270 e. The van der Waals surface area contributed by atoms with Gasteiger partial charge >= 0.3 is 0 Å². The molecule has 0 amide bonds. The minimum atomic E-state index is -0.459. The molecule has 0 saturated carbocycles. The van der Waals surface area contributed by atoms with Gasteiger partial charge in [-0.2, -0.15) is 0 Å². The van der Waals surface area contributed by atoms with Crippen LogP contribution in [0.3, 0.4) is 0 Å². The Bertz CT molecular complexity index is 1240. The molecule has 4 nitrogen and oxygen atoms in total. The van der Waals surface area contributed by atoms with Gasteiger partial charge in [0.05, 0.1) is 5.69 Å². The Morgan fingerprint density at radius 1 is 1.12 bits per heavy atom. The normalized spacial score (nSPS) is 11.3. The molecule has 0 spiro atoms. The predicted octanol–water partition coefficient (Wildman–Crippen LogP) is 3.66. The Morgan fingerprint density at radius 2 is 1.92 bits per heavy atom. The second-order valence-electron chi connectivity index (χ2n) is 5.61. The molecule has 2 aromatic heterocycles. The summed E-state index contributed by atoms with van der Waals surface area (Å²) in [4.78, 5) is 30.9. The highest BCUT2D eigenvalue weighted by atomic mass is 32.1. The molecule has 124 valence electrons. The molecule has 0 aliphatic rings. The minimum Gasteiger partial charge on any atom is -0.288 e. The van der Waals surface area contributed by atoms with Crippen molar-refractivity contribution in [1.82, 2.24) is 9.55 Å². The first-order valence-corrected chi connectivity index (χ1v) is 8.65. The standard InChI is InChI=1S/C19H13FN2O2S/c1-2-15-21-18-16(17(23)13-8-3-4-9-14(13)25-18)19(24)22(15)12-7-5-6-11(20)10-12/h3-10H,2H2,1H3. The van der Waals surface area contributed by atoms with Crippen molar-refractivity contribution in [3.63, 3.8) is 0 Å². The maximum atomic E-state index is 13.6. The predicted molar refractivity (Wildman–Crippen MR) is 98.3 cm³/mol. The molecule has 0 atom stereocenters. The van der Waals surface area contributed by atoms with Gasteiger partial charge in [0.1, 0.15) is 21.9 Å². The van der Waals surface area contributed by atoms with Gasteiger partial charge in [0.2, 0.25) is 5.43 Å². The van der Waals surface area contributed by atoms with Gasteiger partial charge in [-0.15, -0.1) is 11.3 Å². The monoisotopic (exact) mass is 352 g/mol. The van der Waals surface area contributed by atoms with Crippen LogP contribution in [-0.2, 0) is 6.42 Å². The fourth-order valence-corrected chi connectivity index (χ4v) is 3.97. The Kier molecular flexibility index (Phi) is 3.69. The van der Waals surface area contributed by atoms with E-state index in [1.54, 1.807) is 18.2 Å². The number of rotatable bonds is 2. The minimum absolute atomic E-state index is 0.0464. The van der Waals surface area contributed by atoms with Crippen molar-refractivity contribution in [2.24, 2.45) is 0 Å². The summed E-state index contributed by atoms with van der Waals surface area (Å²) in [5, 5.41) is 0.541. The molecule has 2 aromatic carbocycles. The van der Waals surface area contributed by atoms with Crippen molar-refractivity contribution >= 4 is 31.6 Å². The van der Waals surface area contributed by atoms with Crippen LogP contribution in [0.1, 0.15) is 12.7 Å². The van der Waals surface area contributed by atoms with Gasteiger partial charge in [0, 0.05) is 16.5 Å². The molecule has 0 aliphatic heterocycles. The summed E-state index contributed by atoms with van der Waals surface area (Å²) in [5.41, 5.74) is -0.428. The van der Waals surface area contributed by atoms with Crippen molar-refractivity contribution < 1.29 is 4.39 Å². The zero-order valence-electron chi connectivity index (χ0n) is 13.3. The number of aryl methyl sites for hydroxylation is 1. The SMILES string of the molecule is CCc1nc2sc3ccccc3c(=O)c2c(=O)n1-c1cccc(F)c1. The number of fused-ring (bicyclic) bond motifs is 2. The quantitative estimate of drug-likeness (QED) is 0.517. The van der Waals surface area contributed by atoms with Gasteiger partial charge in [0.15, 0.2) is 0 Å². The third kappa shape index (κ3) is 2.46. The van der Waals surface area contributed by atoms with Crippen LogP contribution in [0.25, 0.3) is 26.0 Å². The van der Waals surface area contributed by atoms with E-state index in [0.717, 1.165) is 4.70 Å². The Labute approximate surface area is 145 Å². The van der Waals surface area contributed by atoms with Crippen LogP contribution in [0.15, 0.2) is 58.1 Å². The van der Waals surface area contributed by atoms with Crippen LogP contribution in [0.5, 0.6) is 0 Å². The molecule has 0 fully saturated rings. The molecule has 0 bridgehead atoms. The summed E-state index contributed by atoms with van der Waals surface area (Å²) in [7, 11) is 0. The van der Waals surface area contributed by atoms with E-state index in [4.69, 9.17) is 0 Å². The first kappa shape index (κ1) is 15.7. The summed E-state index contributed by atoms with van der Waals surface area (Å²) in [6, 6.07) is 12.9. The van der Waals surface area contributed by atoms with E-state index in [9.17, 15) is 14.0 Å². The average molecular weight is 352 g/mol. The van der Waals surface area contributed by atoms with Crippen molar-refractivity contribution in [1.29, 1.82) is 0 Å². The van der Waals surface area contributed by atoms with Gasteiger partial charge in [-0.3, -0.25) is 14.2 Å². The third-order valence-corrected chi connectivity index (χ3v) is 5.13. The van der Waals surface area contributed by atoms with E-state index in [2.05, 4.69) is 4.98 Å². The van der Waals surface area contributed by atoms with Gasteiger partial charge in [-0.1, -0.05) is 25.1 Å². The Hall–Kier alpha value is -2.86. The molecule has 0 N–H and O–H groups in total. The maximum absolute atomic E-state index is 13.6. The largest absolute Gasteiger partial charge is 0.288 e. The van der Waals surface area contributed by atoms with Gasteiger partial charge in [-0.05, 0) is 30.3 Å². The summed E-state index contributed by atoms with van der Waals surface area (Å²) in [6.07, 6.45) is 0.482. The average Bonchev–Trinajstić information content (AvgIpc) is 2.61. The number of nitrogens with zero attached hydrogens (tertiary/aromatic N) is 2. The topological polar surface area (TPSA) is 52.0 Å².